The summed E-state index contributed by atoms with van der Waals surface area (Å²) in [6.07, 6.45) is 4.87. The first kappa shape index (κ1) is 15.3. The minimum Gasteiger partial charge on any atom is -0.494 e. The van der Waals surface area contributed by atoms with Gasteiger partial charge in [0.05, 0.1) is 7.11 Å². The number of nitrogens with zero attached hydrogens (tertiary/aromatic N) is 1. The standard InChI is InChI=1S/C16H25FN2O/c1-18-13-5-7-14(8-6-13)19(2)11-12-4-9-16(20-3)15(17)10-12/h4,9-10,13-14,18H,5-8,11H2,1-3H3. The Morgan fingerprint density at radius 1 is 1.30 bits per heavy atom. The summed E-state index contributed by atoms with van der Waals surface area (Å²) in [6, 6.07) is 6.49. The lowest BCUT2D eigenvalue weighted by molar-refractivity contribution is 0.170. The molecule has 0 saturated heterocycles. The first-order chi connectivity index (χ1) is 9.63. The monoisotopic (exact) mass is 280 g/mol. The van der Waals surface area contributed by atoms with Crippen LogP contribution in [0.15, 0.2) is 18.2 Å². The highest BCUT2D eigenvalue weighted by molar-refractivity contribution is 5.29. The van der Waals surface area contributed by atoms with Gasteiger partial charge in [0.15, 0.2) is 11.6 Å². The van der Waals surface area contributed by atoms with Gasteiger partial charge in [0.2, 0.25) is 0 Å². The van der Waals surface area contributed by atoms with Crippen LogP contribution < -0.4 is 10.1 Å². The topological polar surface area (TPSA) is 24.5 Å². The van der Waals surface area contributed by atoms with Gasteiger partial charge < -0.3 is 10.1 Å². The van der Waals surface area contributed by atoms with E-state index in [2.05, 4.69) is 17.3 Å². The normalized spacial score (nSPS) is 23.1. The Hall–Kier alpha value is -1.13. The maximum Gasteiger partial charge on any atom is 0.165 e. The van der Waals surface area contributed by atoms with E-state index in [0.717, 1.165) is 12.1 Å². The Balaban J connectivity index is 1.91. The van der Waals surface area contributed by atoms with Crippen LogP contribution in [0.5, 0.6) is 5.75 Å². The second-order valence-corrected chi connectivity index (χ2v) is 5.68. The van der Waals surface area contributed by atoms with Gasteiger partial charge in [-0.25, -0.2) is 4.39 Å². The predicted octanol–water partition coefficient (Wildman–Crippen LogP) is 2.80. The molecule has 0 radical (unpaired) electrons. The van der Waals surface area contributed by atoms with Crippen LogP contribution in [0.25, 0.3) is 0 Å². The van der Waals surface area contributed by atoms with E-state index in [1.807, 2.05) is 13.1 Å². The van der Waals surface area contributed by atoms with Gasteiger partial charge in [-0.2, -0.15) is 0 Å². The van der Waals surface area contributed by atoms with Crippen molar-refractivity contribution in [3.8, 4) is 5.75 Å². The summed E-state index contributed by atoms with van der Waals surface area (Å²) in [5.41, 5.74) is 1.00. The Morgan fingerprint density at radius 3 is 2.55 bits per heavy atom. The van der Waals surface area contributed by atoms with Gasteiger partial charge in [-0.3, -0.25) is 4.90 Å². The highest BCUT2D eigenvalue weighted by atomic mass is 19.1. The molecule has 0 bridgehead atoms. The maximum absolute atomic E-state index is 13.7. The van der Waals surface area contributed by atoms with Crippen molar-refractivity contribution < 1.29 is 9.13 Å². The van der Waals surface area contributed by atoms with E-state index in [1.54, 1.807) is 12.1 Å². The van der Waals surface area contributed by atoms with Crippen molar-refractivity contribution in [2.75, 3.05) is 21.2 Å². The van der Waals surface area contributed by atoms with Crippen LogP contribution >= 0.6 is 0 Å². The molecule has 1 aromatic carbocycles. The number of halogens is 1. The molecule has 1 N–H and O–H groups in total. The molecule has 0 spiro atoms. The minimum atomic E-state index is -0.280. The van der Waals surface area contributed by atoms with E-state index >= 15 is 0 Å². The predicted molar refractivity (Wildman–Crippen MR) is 79.5 cm³/mol. The summed E-state index contributed by atoms with van der Waals surface area (Å²) < 4.78 is 18.6. The van der Waals surface area contributed by atoms with Crippen molar-refractivity contribution in [2.45, 2.75) is 44.3 Å². The Morgan fingerprint density at radius 2 is 2.00 bits per heavy atom. The SMILES string of the molecule is CNC1CCC(N(C)Cc2ccc(OC)c(F)c2)CC1. The van der Waals surface area contributed by atoms with Gasteiger partial charge >= 0.3 is 0 Å². The van der Waals surface area contributed by atoms with Crippen molar-refractivity contribution in [1.82, 2.24) is 10.2 Å². The summed E-state index contributed by atoms with van der Waals surface area (Å²) in [5, 5.41) is 3.35. The van der Waals surface area contributed by atoms with E-state index in [0.29, 0.717) is 17.8 Å². The summed E-state index contributed by atoms with van der Waals surface area (Å²) in [7, 11) is 5.66. The fourth-order valence-electron chi connectivity index (χ4n) is 3.03. The quantitative estimate of drug-likeness (QED) is 0.897. The molecule has 0 atom stereocenters. The number of hydrogen-bond acceptors (Lipinski definition) is 3. The van der Waals surface area contributed by atoms with E-state index in [9.17, 15) is 4.39 Å². The van der Waals surface area contributed by atoms with Crippen LogP contribution in [0.3, 0.4) is 0 Å². The molecule has 4 heteroatoms. The first-order valence-corrected chi connectivity index (χ1v) is 7.34. The molecule has 1 aliphatic carbocycles. The smallest absolute Gasteiger partial charge is 0.165 e. The highest BCUT2D eigenvalue weighted by Crippen LogP contribution is 2.24. The molecule has 112 valence electrons. The zero-order valence-electron chi connectivity index (χ0n) is 12.7. The molecule has 0 unspecified atom stereocenters. The molecule has 2 rings (SSSR count). The minimum absolute atomic E-state index is 0.280. The summed E-state index contributed by atoms with van der Waals surface area (Å²) in [6.45, 7) is 0.788. The van der Waals surface area contributed by atoms with Crippen molar-refractivity contribution in [3.05, 3.63) is 29.6 Å². The van der Waals surface area contributed by atoms with Crippen LogP contribution in [-0.2, 0) is 6.54 Å². The number of benzene rings is 1. The van der Waals surface area contributed by atoms with Gasteiger partial charge in [-0.15, -0.1) is 0 Å². The molecule has 0 aliphatic heterocycles. The number of rotatable bonds is 5. The van der Waals surface area contributed by atoms with Crippen LogP contribution in [0.1, 0.15) is 31.2 Å². The van der Waals surface area contributed by atoms with Crippen LogP contribution in [0, 0.1) is 5.82 Å². The third-order valence-electron chi connectivity index (χ3n) is 4.38. The molecule has 1 aliphatic rings. The molecule has 0 heterocycles. The molecule has 0 aromatic heterocycles. The third kappa shape index (κ3) is 3.70. The molecule has 20 heavy (non-hydrogen) atoms. The van der Waals surface area contributed by atoms with Crippen LogP contribution in [0.2, 0.25) is 0 Å². The van der Waals surface area contributed by atoms with E-state index in [-0.39, 0.29) is 5.82 Å². The lowest BCUT2D eigenvalue weighted by atomic mass is 9.90. The highest BCUT2D eigenvalue weighted by Gasteiger charge is 2.23. The lowest BCUT2D eigenvalue weighted by Crippen LogP contribution is -2.39. The number of methoxy groups -OCH3 is 1. The summed E-state index contributed by atoms with van der Waals surface area (Å²) in [4.78, 5) is 2.34. The molecule has 0 amide bonds. The van der Waals surface area contributed by atoms with Crippen LogP contribution in [0.4, 0.5) is 4.39 Å². The van der Waals surface area contributed by atoms with Gasteiger partial charge in [0.25, 0.3) is 0 Å². The van der Waals surface area contributed by atoms with Gasteiger partial charge in [-0.05, 0) is 57.5 Å². The van der Waals surface area contributed by atoms with Crippen molar-refractivity contribution in [2.24, 2.45) is 0 Å². The van der Waals surface area contributed by atoms with E-state index in [4.69, 9.17) is 4.74 Å². The zero-order chi connectivity index (χ0) is 14.5. The largest absolute Gasteiger partial charge is 0.494 e. The van der Waals surface area contributed by atoms with E-state index < -0.39 is 0 Å². The average molecular weight is 280 g/mol. The Kier molecular flexibility index (Phi) is 5.38. The fourth-order valence-corrected chi connectivity index (χ4v) is 3.03. The molecular weight excluding hydrogens is 255 g/mol. The Labute approximate surface area is 121 Å². The van der Waals surface area contributed by atoms with Gasteiger partial charge in [0, 0.05) is 18.6 Å². The van der Waals surface area contributed by atoms with Crippen molar-refractivity contribution >= 4 is 0 Å². The molecule has 1 fully saturated rings. The van der Waals surface area contributed by atoms with Crippen molar-refractivity contribution in [1.29, 1.82) is 0 Å². The third-order valence-corrected chi connectivity index (χ3v) is 4.38. The van der Waals surface area contributed by atoms with Crippen molar-refractivity contribution in [3.63, 3.8) is 0 Å². The number of nitrogens with one attached hydrogen (secondary N) is 1. The molecular formula is C16H25FN2O. The second kappa shape index (κ2) is 7.04. The molecule has 3 nitrogen and oxygen atoms in total. The zero-order valence-corrected chi connectivity index (χ0v) is 12.7. The second-order valence-electron chi connectivity index (χ2n) is 5.68. The maximum atomic E-state index is 13.7. The average Bonchev–Trinajstić information content (AvgIpc) is 2.47. The van der Waals surface area contributed by atoms with Crippen LogP contribution in [-0.4, -0.2) is 38.2 Å². The van der Waals surface area contributed by atoms with Gasteiger partial charge in [0.1, 0.15) is 0 Å². The molecule has 1 saturated carbocycles. The fraction of sp³-hybridized carbons (Fsp3) is 0.625. The summed E-state index contributed by atoms with van der Waals surface area (Å²) in [5.74, 6) is 0.0308. The van der Waals surface area contributed by atoms with Gasteiger partial charge in [-0.1, -0.05) is 6.07 Å². The lowest BCUT2D eigenvalue weighted by Gasteiger charge is -2.34. The molecule has 1 aromatic rings. The number of hydrogen-bond donors (Lipinski definition) is 1. The summed E-state index contributed by atoms with van der Waals surface area (Å²) >= 11 is 0. The first-order valence-electron chi connectivity index (χ1n) is 7.34. The van der Waals surface area contributed by atoms with E-state index in [1.165, 1.54) is 32.8 Å². The number of ether oxygens (including phenoxy) is 1. The Bertz CT molecular complexity index is 430.